The second kappa shape index (κ2) is 3.87. The Morgan fingerprint density at radius 2 is 2.07 bits per heavy atom. The van der Waals surface area contributed by atoms with Crippen LogP contribution in [0.15, 0.2) is 0 Å². The quantitative estimate of drug-likeness (QED) is 0.671. The molecule has 2 aliphatic rings. The molecule has 2 rings (SSSR count). The average molecular weight is 199 g/mol. The third-order valence-electron chi connectivity index (χ3n) is 3.47. The molecule has 80 valence electrons. The van der Waals surface area contributed by atoms with Crippen molar-refractivity contribution in [2.75, 3.05) is 13.1 Å². The topological polar surface area (TPSA) is 60.8 Å². The molecule has 0 radical (unpaired) electrons. The number of likely N-dealkylation sites (tertiary alicyclic amines) is 1. The first-order valence-electron chi connectivity index (χ1n) is 5.33. The van der Waals surface area contributed by atoms with E-state index < -0.39 is 5.97 Å². The molecule has 0 aromatic carbocycles. The molecule has 0 amide bonds. The Hall–Kier alpha value is -0.610. The minimum absolute atomic E-state index is 0.220. The predicted octanol–water partition coefficient (Wildman–Crippen LogP) is 0.306. The summed E-state index contributed by atoms with van der Waals surface area (Å²) >= 11 is 0. The standard InChI is InChI=1S/C10H17NO3/c12-9-4-3-8(9)11-5-1-2-7(6-11)10(13)14/h7-9,12H,1-6H2,(H,13,14). The molecule has 3 unspecified atom stereocenters. The molecule has 0 spiro atoms. The summed E-state index contributed by atoms with van der Waals surface area (Å²) in [5.74, 6) is -0.917. The molecule has 4 heteroatoms. The second-order valence-electron chi connectivity index (χ2n) is 4.38. The molecule has 1 aliphatic heterocycles. The van der Waals surface area contributed by atoms with Gasteiger partial charge in [-0.15, -0.1) is 0 Å². The highest BCUT2D eigenvalue weighted by atomic mass is 16.4. The first kappa shape index (κ1) is 9.93. The third kappa shape index (κ3) is 1.77. The summed E-state index contributed by atoms with van der Waals surface area (Å²) in [5, 5.41) is 18.4. The number of hydrogen-bond acceptors (Lipinski definition) is 3. The smallest absolute Gasteiger partial charge is 0.307 e. The van der Waals surface area contributed by atoms with Gasteiger partial charge in [0.2, 0.25) is 0 Å². The first-order chi connectivity index (χ1) is 6.68. The minimum Gasteiger partial charge on any atom is -0.481 e. The second-order valence-corrected chi connectivity index (χ2v) is 4.38. The monoisotopic (exact) mass is 199 g/mol. The highest BCUT2D eigenvalue weighted by molar-refractivity contribution is 5.70. The maximum atomic E-state index is 10.8. The average Bonchev–Trinajstić information content (AvgIpc) is 2.16. The lowest BCUT2D eigenvalue weighted by Crippen LogP contribution is -2.54. The minimum atomic E-state index is -0.691. The molecular weight excluding hydrogens is 182 g/mol. The van der Waals surface area contributed by atoms with Crippen LogP contribution in [0.4, 0.5) is 0 Å². The predicted molar refractivity (Wildman–Crippen MR) is 51.0 cm³/mol. The van der Waals surface area contributed by atoms with Crippen LogP contribution >= 0.6 is 0 Å². The lowest BCUT2D eigenvalue weighted by Gasteiger charge is -2.44. The largest absolute Gasteiger partial charge is 0.481 e. The van der Waals surface area contributed by atoms with Crippen molar-refractivity contribution in [1.29, 1.82) is 0 Å². The van der Waals surface area contributed by atoms with Gasteiger partial charge in [0.05, 0.1) is 12.0 Å². The Labute approximate surface area is 83.5 Å². The normalized spacial score (nSPS) is 39.1. The lowest BCUT2D eigenvalue weighted by atomic mass is 9.85. The van der Waals surface area contributed by atoms with Gasteiger partial charge in [0, 0.05) is 12.6 Å². The van der Waals surface area contributed by atoms with Crippen LogP contribution in [-0.2, 0) is 4.79 Å². The number of carboxylic acid groups (broad SMARTS) is 1. The maximum Gasteiger partial charge on any atom is 0.307 e. The van der Waals surface area contributed by atoms with Crippen LogP contribution in [0.2, 0.25) is 0 Å². The van der Waals surface area contributed by atoms with E-state index in [2.05, 4.69) is 4.90 Å². The number of carbonyl (C=O) groups is 1. The Balaban J connectivity index is 1.90. The van der Waals surface area contributed by atoms with E-state index >= 15 is 0 Å². The van der Waals surface area contributed by atoms with Crippen LogP contribution in [0.5, 0.6) is 0 Å². The summed E-state index contributed by atoms with van der Waals surface area (Å²) in [6.45, 7) is 1.57. The maximum absolute atomic E-state index is 10.8. The summed E-state index contributed by atoms with van der Waals surface area (Å²) in [5.41, 5.74) is 0. The Morgan fingerprint density at radius 3 is 2.57 bits per heavy atom. The highest BCUT2D eigenvalue weighted by Crippen LogP contribution is 2.29. The van der Waals surface area contributed by atoms with Crippen molar-refractivity contribution >= 4 is 5.97 Å². The molecule has 0 aromatic heterocycles. The molecule has 0 aromatic rings. The zero-order valence-electron chi connectivity index (χ0n) is 8.22. The number of aliphatic hydroxyl groups is 1. The number of aliphatic hydroxyl groups excluding tert-OH is 1. The van der Waals surface area contributed by atoms with E-state index in [-0.39, 0.29) is 18.1 Å². The molecule has 1 heterocycles. The molecule has 14 heavy (non-hydrogen) atoms. The summed E-state index contributed by atoms with van der Waals surface area (Å²) in [6.07, 6.45) is 3.41. The fraction of sp³-hybridized carbons (Fsp3) is 0.900. The Morgan fingerprint density at radius 1 is 1.29 bits per heavy atom. The van der Waals surface area contributed by atoms with E-state index in [4.69, 9.17) is 5.11 Å². The van der Waals surface area contributed by atoms with Gasteiger partial charge in [-0.2, -0.15) is 0 Å². The van der Waals surface area contributed by atoms with Crippen molar-refractivity contribution in [3.8, 4) is 0 Å². The van der Waals surface area contributed by atoms with Crippen molar-refractivity contribution in [2.45, 2.75) is 37.8 Å². The molecule has 4 nitrogen and oxygen atoms in total. The number of carboxylic acids is 1. The van der Waals surface area contributed by atoms with E-state index in [1.54, 1.807) is 0 Å². The van der Waals surface area contributed by atoms with Crippen molar-refractivity contribution in [1.82, 2.24) is 4.90 Å². The molecule has 1 saturated carbocycles. The van der Waals surface area contributed by atoms with Crippen LogP contribution < -0.4 is 0 Å². The summed E-state index contributed by atoms with van der Waals surface area (Å²) < 4.78 is 0. The molecule has 2 fully saturated rings. The third-order valence-corrected chi connectivity index (χ3v) is 3.47. The first-order valence-corrected chi connectivity index (χ1v) is 5.33. The fourth-order valence-corrected chi connectivity index (χ4v) is 2.40. The van der Waals surface area contributed by atoms with Crippen molar-refractivity contribution in [3.05, 3.63) is 0 Å². The zero-order chi connectivity index (χ0) is 10.1. The number of aliphatic carboxylic acids is 1. The van der Waals surface area contributed by atoms with Gasteiger partial charge in [0.25, 0.3) is 0 Å². The summed E-state index contributed by atoms with van der Waals surface area (Å²) in [6, 6.07) is 0.233. The number of nitrogens with zero attached hydrogens (tertiary/aromatic N) is 1. The van der Waals surface area contributed by atoms with Gasteiger partial charge in [-0.1, -0.05) is 0 Å². The van der Waals surface area contributed by atoms with Gasteiger partial charge in [0.1, 0.15) is 0 Å². The van der Waals surface area contributed by atoms with Gasteiger partial charge >= 0.3 is 5.97 Å². The van der Waals surface area contributed by atoms with Crippen molar-refractivity contribution < 1.29 is 15.0 Å². The van der Waals surface area contributed by atoms with Crippen LogP contribution in [0.1, 0.15) is 25.7 Å². The molecule has 1 aliphatic carbocycles. The summed E-state index contributed by atoms with van der Waals surface area (Å²) in [4.78, 5) is 13.0. The van der Waals surface area contributed by atoms with Gasteiger partial charge in [-0.3, -0.25) is 9.69 Å². The van der Waals surface area contributed by atoms with E-state index in [0.717, 1.165) is 32.2 Å². The summed E-state index contributed by atoms with van der Waals surface area (Å²) in [7, 11) is 0. The van der Waals surface area contributed by atoms with Gasteiger partial charge in [0.15, 0.2) is 0 Å². The van der Waals surface area contributed by atoms with E-state index in [0.29, 0.717) is 6.54 Å². The zero-order valence-corrected chi connectivity index (χ0v) is 8.22. The van der Waals surface area contributed by atoms with E-state index in [1.807, 2.05) is 0 Å². The number of rotatable bonds is 2. The molecule has 1 saturated heterocycles. The Kier molecular flexibility index (Phi) is 2.74. The molecule has 0 bridgehead atoms. The van der Waals surface area contributed by atoms with Crippen LogP contribution in [0, 0.1) is 5.92 Å². The van der Waals surface area contributed by atoms with E-state index in [1.165, 1.54) is 0 Å². The van der Waals surface area contributed by atoms with Crippen LogP contribution in [-0.4, -0.2) is 46.3 Å². The fourth-order valence-electron chi connectivity index (χ4n) is 2.40. The molecule has 2 N–H and O–H groups in total. The Bertz CT molecular complexity index is 231. The van der Waals surface area contributed by atoms with Crippen molar-refractivity contribution in [2.24, 2.45) is 5.92 Å². The molecular formula is C10H17NO3. The highest BCUT2D eigenvalue weighted by Gasteiger charge is 2.37. The van der Waals surface area contributed by atoms with Crippen LogP contribution in [0.25, 0.3) is 0 Å². The van der Waals surface area contributed by atoms with Gasteiger partial charge < -0.3 is 10.2 Å². The van der Waals surface area contributed by atoms with E-state index in [9.17, 15) is 9.90 Å². The lowest BCUT2D eigenvalue weighted by molar-refractivity contribution is -0.145. The van der Waals surface area contributed by atoms with Crippen molar-refractivity contribution in [3.63, 3.8) is 0 Å². The molecule has 3 atom stereocenters. The SMILES string of the molecule is O=C(O)C1CCCN(C2CCC2O)C1. The van der Waals surface area contributed by atoms with Gasteiger partial charge in [-0.25, -0.2) is 0 Å². The van der Waals surface area contributed by atoms with Crippen LogP contribution in [0.3, 0.4) is 0 Å². The number of hydrogen-bond donors (Lipinski definition) is 2. The van der Waals surface area contributed by atoms with Gasteiger partial charge in [-0.05, 0) is 32.2 Å². The number of piperidine rings is 1.